The van der Waals surface area contributed by atoms with Crippen LogP contribution >= 0.6 is 0 Å². The van der Waals surface area contributed by atoms with Crippen LogP contribution in [0, 0.1) is 5.41 Å². The molecule has 0 amide bonds. The van der Waals surface area contributed by atoms with E-state index in [-0.39, 0.29) is 24.0 Å². The maximum atomic E-state index is 11.9. The summed E-state index contributed by atoms with van der Waals surface area (Å²) >= 11 is 0. The number of alkyl halides is 3. The third-order valence-corrected chi connectivity index (χ3v) is 3.49. The minimum atomic E-state index is -4.13. The Balaban J connectivity index is 2.34. The summed E-state index contributed by atoms with van der Waals surface area (Å²) in [6, 6.07) is 0. The smallest absolute Gasteiger partial charge is 0.299 e. The summed E-state index contributed by atoms with van der Waals surface area (Å²) in [5.74, 6) is 0.0245. The van der Waals surface area contributed by atoms with Crippen molar-refractivity contribution < 1.29 is 18.0 Å². The Labute approximate surface area is 94.4 Å². The van der Waals surface area contributed by atoms with Crippen LogP contribution in [-0.2, 0) is 4.79 Å². The molecule has 0 aromatic carbocycles. The summed E-state index contributed by atoms with van der Waals surface area (Å²) in [6.07, 6.45) is -0.0549. The number of rotatable bonds is 4. The summed E-state index contributed by atoms with van der Waals surface area (Å²) in [5, 5.41) is 0. The monoisotopic (exact) mass is 236 g/mol. The number of hydrogen-bond donors (Lipinski definition) is 0. The molecule has 1 aliphatic rings. The van der Waals surface area contributed by atoms with Gasteiger partial charge in [0.2, 0.25) is 0 Å². The Morgan fingerprint density at radius 2 is 1.75 bits per heavy atom. The third-order valence-electron chi connectivity index (χ3n) is 3.49. The van der Waals surface area contributed by atoms with Crippen LogP contribution in [0.15, 0.2) is 0 Å². The highest BCUT2D eigenvalue weighted by atomic mass is 19.4. The van der Waals surface area contributed by atoms with E-state index in [1.165, 1.54) is 0 Å². The van der Waals surface area contributed by atoms with Crippen LogP contribution in [0.5, 0.6) is 0 Å². The quantitative estimate of drug-likeness (QED) is 0.712. The molecule has 0 aromatic heterocycles. The second-order valence-corrected chi connectivity index (χ2v) is 5.01. The Morgan fingerprint density at radius 3 is 2.25 bits per heavy atom. The standard InChI is InChI=1S/C12H19F3O/c1-11(7-3-2-4-8-11)10(16)6-5-9-12(13,14)15/h2-9H2,1H3. The van der Waals surface area contributed by atoms with E-state index < -0.39 is 12.6 Å². The third kappa shape index (κ3) is 4.14. The number of carbonyl (C=O) groups excluding carboxylic acids is 1. The van der Waals surface area contributed by atoms with E-state index in [1.807, 2.05) is 6.92 Å². The number of halogens is 3. The molecule has 4 heteroatoms. The Morgan fingerprint density at radius 1 is 1.19 bits per heavy atom. The highest BCUT2D eigenvalue weighted by Gasteiger charge is 2.34. The van der Waals surface area contributed by atoms with Gasteiger partial charge in [0.15, 0.2) is 0 Å². The lowest BCUT2D eigenvalue weighted by Crippen LogP contribution is -2.30. The maximum Gasteiger partial charge on any atom is 0.389 e. The van der Waals surface area contributed by atoms with Gasteiger partial charge in [0.1, 0.15) is 5.78 Å². The van der Waals surface area contributed by atoms with Crippen molar-refractivity contribution in [3.8, 4) is 0 Å². The molecule has 16 heavy (non-hydrogen) atoms. The highest BCUT2D eigenvalue weighted by molar-refractivity contribution is 5.84. The van der Waals surface area contributed by atoms with E-state index in [0.717, 1.165) is 32.1 Å². The molecule has 1 nitrogen and oxygen atoms in total. The molecule has 1 aliphatic carbocycles. The Kier molecular flexibility index (Phi) is 4.39. The van der Waals surface area contributed by atoms with Crippen molar-refractivity contribution in [2.24, 2.45) is 5.41 Å². The first-order valence-electron chi connectivity index (χ1n) is 5.94. The van der Waals surface area contributed by atoms with Crippen LogP contribution < -0.4 is 0 Å². The zero-order valence-electron chi connectivity index (χ0n) is 9.70. The molecule has 0 unspecified atom stereocenters. The molecule has 1 fully saturated rings. The molecule has 0 bridgehead atoms. The predicted octanol–water partition coefficient (Wildman–Crippen LogP) is 4.26. The van der Waals surface area contributed by atoms with Crippen LogP contribution in [0.3, 0.4) is 0 Å². The van der Waals surface area contributed by atoms with Gasteiger partial charge in [0, 0.05) is 18.3 Å². The van der Waals surface area contributed by atoms with E-state index in [2.05, 4.69) is 0 Å². The van der Waals surface area contributed by atoms with Crippen molar-refractivity contribution in [3.63, 3.8) is 0 Å². The first kappa shape index (κ1) is 13.5. The molecule has 0 saturated heterocycles. The van der Waals surface area contributed by atoms with E-state index in [4.69, 9.17) is 0 Å². The lowest BCUT2D eigenvalue weighted by atomic mass is 9.71. The van der Waals surface area contributed by atoms with Gasteiger partial charge in [-0.3, -0.25) is 4.79 Å². The molecule has 0 radical (unpaired) electrons. The van der Waals surface area contributed by atoms with Crippen molar-refractivity contribution in [3.05, 3.63) is 0 Å². The summed E-state index contributed by atoms with van der Waals surface area (Å²) < 4.78 is 35.8. The highest BCUT2D eigenvalue weighted by Crippen LogP contribution is 2.38. The molecule has 94 valence electrons. The Bertz CT molecular complexity index is 239. The van der Waals surface area contributed by atoms with Gasteiger partial charge in [0.05, 0.1) is 0 Å². The van der Waals surface area contributed by atoms with E-state index in [0.29, 0.717) is 0 Å². The largest absolute Gasteiger partial charge is 0.389 e. The normalized spacial score (nSPS) is 20.8. The number of Topliss-reactive ketones (excluding diaryl/α,β-unsaturated/α-hetero) is 1. The molecule has 0 aliphatic heterocycles. The average Bonchev–Trinajstić information content (AvgIpc) is 2.16. The van der Waals surface area contributed by atoms with Gasteiger partial charge in [-0.25, -0.2) is 0 Å². The van der Waals surface area contributed by atoms with Gasteiger partial charge in [-0.1, -0.05) is 26.2 Å². The van der Waals surface area contributed by atoms with Crippen LogP contribution in [0.25, 0.3) is 0 Å². The zero-order chi connectivity index (χ0) is 12.2. The van der Waals surface area contributed by atoms with Crippen molar-refractivity contribution in [1.29, 1.82) is 0 Å². The van der Waals surface area contributed by atoms with Gasteiger partial charge in [-0.15, -0.1) is 0 Å². The fourth-order valence-electron chi connectivity index (χ4n) is 2.36. The number of carbonyl (C=O) groups is 1. The minimum absolute atomic E-state index is 0.0245. The molecular formula is C12H19F3O. The second kappa shape index (κ2) is 5.19. The van der Waals surface area contributed by atoms with Crippen molar-refractivity contribution in [2.75, 3.05) is 0 Å². The van der Waals surface area contributed by atoms with Crippen molar-refractivity contribution in [1.82, 2.24) is 0 Å². The summed E-state index contributed by atoms with van der Waals surface area (Å²) in [5.41, 5.74) is -0.343. The van der Waals surface area contributed by atoms with Gasteiger partial charge in [-0.2, -0.15) is 13.2 Å². The van der Waals surface area contributed by atoms with Crippen molar-refractivity contribution in [2.45, 2.75) is 64.5 Å². The predicted molar refractivity (Wildman–Crippen MR) is 56.1 cm³/mol. The first-order valence-corrected chi connectivity index (χ1v) is 5.94. The van der Waals surface area contributed by atoms with E-state index in [9.17, 15) is 18.0 Å². The van der Waals surface area contributed by atoms with Crippen LogP contribution in [0.4, 0.5) is 13.2 Å². The van der Waals surface area contributed by atoms with E-state index in [1.54, 1.807) is 0 Å². The summed E-state index contributed by atoms with van der Waals surface area (Å²) in [7, 11) is 0. The number of hydrogen-bond acceptors (Lipinski definition) is 1. The van der Waals surface area contributed by atoms with Crippen LogP contribution in [0.1, 0.15) is 58.3 Å². The minimum Gasteiger partial charge on any atom is -0.299 e. The molecule has 0 N–H and O–H groups in total. The maximum absolute atomic E-state index is 11.9. The summed E-state index contributed by atoms with van der Waals surface area (Å²) in [6.45, 7) is 1.90. The summed E-state index contributed by atoms with van der Waals surface area (Å²) in [4.78, 5) is 11.8. The lowest BCUT2D eigenvalue weighted by Gasteiger charge is -2.32. The second-order valence-electron chi connectivity index (χ2n) is 5.01. The topological polar surface area (TPSA) is 17.1 Å². The molecule has 0 spiro atoms. The fraction of sp³-hybridized carbons (Fsp3) is 0.917. The average molecular weight is 236 g/mol. The Hall–Kier alpha value is -0.540. The molecule has 0 heterocycles. The van der Waals surface area contributed by atoms with E-state index >= 15 is 0 Å². The van der Waals surface area contributed by atoms with Gasteiger partial charge >= 0.3 is 6.18 Å². The molecular weight excluding hydrogens is 217 g/mol. The SMILES string of the molecule is CC1(C(=O)CCCC(F)(F)F)CCCCC1. The fourth-order valence-corrected chi connectivity index (χ4v) is 2.36. The molecule has 0 aromatic rings. The first-order chi connectivity index (χ1) is 7.33. The van der Waals surface area contributed by atoms with Gasteiger partial charge in [0.25, 0.3) is 0 Å². The van der Waals surface area contributed by atoms with Gasteiger partial charge in [-0.05, 0) is 19.3 Å². The van der Waals surface area contributed by atoms with Crippen molar-refractivity contribution >= 4 is 5.78 Å². The van der Waals surface area contributed by atoms with Crippen LogP contribution in [-0.4, -0.2) is 12.0 Å². The van der Waals surface area contributed by atoms with Crippen LogP contribution in [0.2, 0.25) is 0 Å². The zero-order valence-corrected chi connectivity index (χ0v) is 9.70. The molecule has 1 rings (SSSR count). The molecule has 1 saturated carbocycles. The number of ketones is 1. The lowest BCUT2D eigenvalue weighted by molar-refractivity contribution is -0.139. The van der Waals surface area contributed by atoms with Gasteiger partial charge < -0.3 is 0 Å². The molecule has 0 atom stereocenters.